The second-order valence-electron chi connectivity index (χ2n) is 5.62. The molecule has 2 aromatic rings. The van der Waals surface area contributed by atoms with Gasteiger partial charge in [0.15, 0.2) is 0 Å². The van der Waals surface area contributed by atoms with Gasteiger partial charge in [0.2, 0.25) is 5.91 Å². The first-order chi connectivity index (χ1) is 10.1. The lowest BCUT2D eigenvalue weighted by atomic mass is 9.85. The van der Waals surface area contributed by atoms with Gasteiger partial charge in [-0.15, -0.1) is 0 Å². The van der Waals surface area contributed by atoms with Crippen LogP contribution >= 0.6 is 0 Å². The van der Waals surface area contributed by atoms with Crippen molar-refractivity contribution in [3.63, 3.8) is 0 Å². The van der Waals surface area contributed by atoms with Crippen molar-refractivity contribution in [2.24, 2.45) is 11.7 Å². The minimum absolute atomic E-state index is 0.0156. The van der Waals surface area contributed by atoms with Crippen LogP contribution in [0.5, 0.6) is 0 Å². The molecule has 0 saturated heterocycles. The monoisotopic (exact) mass is 286 g/mol. The lowest BCUT2D eigenvalue weighted by Crippen LogP contribution is -2.34. The van der Waals surface area contributed by atoms with E-state index in [2.05, 4.69) is 5.32 Å². The van der Waals surface area contributed by atoms with Crippen molar-refractivity contribution in [2.45, 2.75) is 31.7 Å². The Morgan fingerprint density at radius 2 is 2.10 bits per heavy atom. The molecule has 0 spiro atoms. The van der Waals surface area contributed by atoms with Gasteiger partial charge in [0.25, 0.3) is 0 Å². The maximum atomic E-state index is 12.3. The van der Waals surface area contributed by atoms with Crippen molar-refractivity contribution in [3.8, 4) is 0 Å². The van der Waals surface area contributed by atoms with Crippen molar-refractivity contribution < 1.29 is 9.21 Å². The fourth-order valence-electron chi connectivity index (χ4n) is 2.86. The quantitative estimate of drug-likeness (QED) is 0.829. The highest BCUT2D eigenvalue weighted by Gasteiger charge is 2.25. The molecule has 0 radical (unpaired) electrons. The maximum Gasteiger partial charge on any atom is 0.336 e. The molecule has 5 nitrogen and oxygen atoms in total. The van der Waals surface area contributed by atoms with E-state index in [9.17, 15) is 9.59 Å². The zero-order valence-corrected chi connectivity index (χ0v) is 11.7. The summed E-state index contributed by atoms with van der Waals surface area (Å²) in [6.07, 6.45) is 3.64. The van der Waals surface area contributed by atoms with Crippen LogP contribution in [0.25, 0.3) is 11.0 Å². The number of nitrogens with one attached hydrogen (secondary N) is 1. The molecular weight excluding hydrogens is 268 g/mol. The van der Waals surface area contributed by atoms with Gasteiger partial charge in [-0.3, -0.25) is 4.79 Å². The van der Waals surface area contributed by atoms with E-state index in [1.807, 2.05) is 0 Å². The van der Waals surface area contributed by atoms with Crippen LogP contribution in [0.4, 0.5) is 5.69 Å². The Morgan fingerprint density at radius 3 is 2.90 bits per heavy atom. The van der Waals surface area contributed by atoms with E-state index in [1.54, 1.807) is 24.3 Å². The predicted octanol–water partition coefficient (Wildman–Crippen LogP) is 2.25. The van der Waals surface area contributed by atoms with Crippen molar-refractivity contribution >= 4 is 22.6 Å². The first-order valence-corrected chi connectivity index (χ1v) is 7.22. The van der Waals surface area contributed by atoms with Gasteiger partial charge in [-0.1, -0.05) is 6.42 Å². The predicted molar refractivity (Wildman–Crippen MR) is 81.0 cm³/mol. The normalized spacial score (nSPS) is 22.1. The summed E-state index contributed by atoms with van der Waals surface area (Å²) in [5.74, 6) is 0.0000334. The fraction of sp³-hybridized carbons (Fsp3) is 0.375. The molecule has 3 rings (SSSR count). The lowest BCUT2D eigenvalue weighted by molar-refractivity contribution is -0.120. The van der Waals surface area contributed by atoms with E-state index in [1.165, 1.54) is 6.07 Å². The Kier molecular flexibility index (Phi) is 3.75. The molecule has 1 aromatic carbocycles. The summed E-state index contributed by atoms with van der Waals surface area (Å²) < 4.78 is 5.07. The largest absolute Gasteiger partial charge is 0.423 e. The van der Waals surface area contributed by atoms with Gasteiger partial charge >= 0.3 is 5.63 Å². The number of hydrogen-bond acceptors (Lipinski definition) is 4. The second kappa shape index (κ2) is 5.69. The molecule has 5 heteroatoms. The van der Waals surface area contributed by atoms with E-state index < -0.39 is 0 Å². The van der Waals surface area contributed by atoms with E-state index in [0.717, 1.165) is 31.1 Å². The van der Waals surface area contributed by atoms with Crippen molar-refractivity contribution in [3.05, 3.63) is 40.8 Å². The van der Waals surface area contributed by atoms with E-state index >= 15 is 0 Å². The number of carbonyl (C=O) groups is 1. The number of anilines is 1. The molecule has 110 valence electrons. The molecule has 1 aliphatic rings. The number of carbonyl (C=O) groups excluding carboxylic acids is 1. The Morgan fingerprint density at radius 1 is 1.24 bits per heavy atom. The summed E-state index contributed by atoms with van der Waals surface area (Å²) in [7, 11) is 0. The highest BCUT2D eigenvalue weighted by Crippen LogP contribution is 2.25. The van der Waals surface area contributed by atoms with Gasteiger partial charge in [-0.2, -0.15) is 0 Å². The van der Waals surface area contributed by atoms with Crippen LogP contribution in [0, 0.1) is 5.92 Å². The summed E-state index contributed by atoms with van der Waals surface area (Å²) in [6, 6.07) is 8.42. The van der Waals surface area contributed by atoms with Gasteiger partial charge in [0.05, 0.1) is 0 Å². The Labute approximate surface area is 122 Å². The molecule has 2 unspecified atom stereocenters. The third kappa shape index (κ3) is 3.13. The molecule has 2 atom stereocenters. The van der Waals surface area contributed by atoms with Crippen molar-refractivity contribution in [1.82, 2.24) is 0 Å². The third-order valence-corrected chi connectivity index (χ3v) is 3.97. The number of amides is 1. The highest BCUT2D eigenvalue weighted by molar-refractivity contribution is 5.94. The Balaban J connectivity index is 1.76. The molecular formula is C16H18N2O3. The van der Waals surface area contributed by atoms with Gasteiger partial charge in [0.1, 0.15) is 5.58 Å². The zero-order valence-electron chi connectivity index (χ0n) is 11.7. The molecule has 1 amide bonds. The van der Waals surface area contributed by atoms with Crippen LogP contribution < -0.4 is 16.7 Å². The van der Waals surface area contributed by atoms with Crippen LogP contribution in [0.2, 0.25) is 0 Å². The molecule has 3 N–H and O–H groups in total. The molecule has 1 heterocycles. The number of hydrogen-bond donors (Lipinski definition) is 2. The van der Waals surface area contributed by atoms with Gasteiger partial charge in [-0.25, -0.2) is 4.79 Å². The van der Waals surface area contributed by atoms with Crippen LogP contribution in [-0.2, 0) is 4.79 Å². The highest BCUT2D eigenvalue weighted by atomic mass is 16.4. The van der Waals surface area contributed by atoms with Gasteiger partial charge < -0.3 is 15.5 Å². The van der Waals surface area contributed by atoms with Gasteiger partial charge in [-0.05, 0) is 43.5 Å². The minimum Gasteiger partial charge on any atom is -0.423 e. The van der Waals surface area contributed by atoms with Crippen LogP contribution in [0.3, 0.4) is 0 Å². The second-order valence-corrected chi connectivity index (χ2v) is 5.62. The average molecular weight is 286 g/mol. The standard InChI is InChI=1S/C16H18N2O3/c17-12-3-1-2-11(8-12)16(20)18-13-5-6-14-10(9-13)4-7-15(19)21-14/h4-7,9,11-12H,1-3,8,17H2,(H,18,20). The smallest absolute Gasteiger partial charge is 0.336 e. The SMILES string of the molecule is NC1CCCC(C(=O)Nc2ccc3oc(=O)ccc3c2)C1. The molecule has 21 heavy (non-hydrogen) atoms. The number of rotatable bonds is 2. The molecule has 0 aliphatic heterocycles. The first kappa shape index (κ1) is 13.8. The minimum atomic E-state index is -0.379. The molecule has 1 saturated carbocycles. The Bertz CT molecular complexity index is 723. The average Bonchev–Trinajstić information content (AvgIpc) is 2.47. The summed E-state index contributed by atoms with van der Waals surface area (Å²) in [6.45, 7) is 0. The molecule has 1 fully saturated rings. The van der Waals surface area contributed by atoms with E-state index in [-0.39, 0.29) is 23.5 Å². The van der Waals surface area contributed by atoms with Crippen molar-refractivity contribution in [2.75, 3.05) is 5.32 Å². The fourth-order valence-corrected chi connectivity index (χ4v) is 2.86. The maximum absolute atomic E-state index is 12.3. The zero-order chi connectivity index (χ0) is 14.8. The molecule has 0 bridgehead atoms. The summed E-state index contributed by atoms with van der Waals surface area (Å²) >= 11 is 0. The van der Waals surface area contributed by atoms with Crippen molar-refractivity contribution in [1.29, 1.82) is 0 Å². The molecule has 1 aliphatic carbocycles. The number of benzene rings is 1. The van der Waals surface area contributed by atoms with Crippen LogP contribution in [0.1, 0.15) is 25.7 Å². The topological polar surface area (TPSA) is 85.3 Å². The van der Waals surface area contributed by atoms with E-state index in [4.69, 9.17) is 10.2 Å². The first-order valence-electron chi connectivity index (χ1n) is 7.22. The summed E-state index contributed by atoms with van der Waals surface area (Å²) in [5.41, 5.74) is 6.77. The number of nitrogens with two attached hydrogens (primary N) is 1. The van der Waals surface area contributed by atoms with E-state index in [0.29, 0.717) is 11.3 Å². The third-order valence-electron chi connectivity index (χ3n) is 3.97. The van der Waals surface area contributed by atoms with Gasteiger partial charge in [0, 0.05) is 29.1 Å². The van der Waals surface area contributed by atoms with Crippen LogP contribution in [0.15, 0.2) is 39.5 Å². The molecule has 1 aromatic heterocycles. The Hall–Kier alpha value is -2.14. The lowest BCUT2D eigenvalue weighted by Gasteiger charge is -2.25. The summed E-state index contributed by atoms with van der Waals surface area (Å²) in [4.78, 5) is 23.4. The summed E-state index contributed by atoms with van der Waals surface area (Å²) in [5, 5.41) is 3.71. The van der Waals surface area contributed by atoms with Crippen LogP contribution in [-0.4, -0.2) is 11.9 Å². The number of fused-ring (bicyclic) bond motifs is 1.